The van der Waals surface area contributed by atoms with E-state index >= 15 is 0 Å². The predicted octanol–water partition coefficient (Wildman–Crippen LogP) is 5.15. The van der Waals surface area contributed by atoms with Gasteiger partial charge in [0.15, 0.2) is 11.6 Å². The first-order valence-electron chi connectivity index (χ1n) is 14.7. The molecule has 0 radical (unpaired) electrons. The van der Waals surface area contributed by atoms with Gasteiger partial charge in [-0.25, -0.2) is 19.9 Å². The summed E-state index contributed by atoms with van der Waals surface area (Å²) in [6.45, 7) is 2.85. The fourth-order valence-corrected chi connectivity index (χ4v) is 6.51. The zero-order valence-electron chi connectivity index (χ0n) is 23.1. The average molecular weight is 555 g/mol. The molecule has 10 rings (SSSR count). The van der Waals surface area contributed by atoms with E-state index < -0.39 is 0 Å². The molecule has 10 nitrogen and oxygen atoms in total. The first-order valence-corrected chi connectivity index (χ1v) is 14.7. The zero-order chi connectivity index (χ0) is 27.6. The molecule has 1 aromatic carbocycles. The van der Waals surface area contributed by atoms with Gasteiger partial charge in [0.05, 0.1) is 11.2 Å². The van der Waals surface area contributed by atoms with Gasteiger partial charge in [-0.1, -0.05) is 18.2 Å². The minimum atomic E-state index is 0.523. The monoisotopic (exact) mass is 554 g/mol. The van der Waals surface area contributed by atoms with E-state index in [1.54, 1.807) is 0 Å². The Morgan fingerprint density at radius 1 is 0.929 bits per heavy atom. The number of anilines is 3. The third-order valence-electron chi connectivity index (χ3n) is 8.90. The Hall–Kier alpha value is -4.83. The van der Waals surface area contributed by atoms with Crippen LogP contribution in [0.2, 0.25) is 0 Å². The average Bonchev–Trinajstić information content (AvgIpc) is 3.64. The number of nitrogens with zero attached hydrogens (tertiary/aromatic N) is 8. The maximum absolute atomic E-state index is 4.92. The quantitative estimate of drug-likeness (QED) is 0.279. The number of pyridine rings is 2. The molecule has 0 amide bonds. The Morgan fingerprint density at radius 2 is 1.81 bits per heavy atom. The number of nitrogens with one attached hydrogen (secondary N) is 2. The van der Waals surface area contributed by atoms with Crippen LogP contribution in [-0.4, -0.2) is 64.6 Å². The van der Waals surface area contributed by atoms with Crippen LogP contribution < -0.4 is 10.2 Å². The van der Waals surface area contributed by atoms with E-state index in [4.69, 9.17) is 19.9 Å². The number of H-pyrrole nitrogens is 1. The number of piperazine rings is 1. The molecule has 3 aliphatic heterocycles. The SMILES string of the molecule is c1ccc2c(Nc3cc(C4CC4)[nH]n3)nc(-c3ccc(N4CC5CC(C4)N5Cc4cn5ccccc5n4)nc3)nc2c1. The number of piperidine rings is 1. The van der Waals surface area contributed by atoms with Crippen LogP contribution in [0.5, 0.6) is 0 Å². The van der Waals surface area contributed by atoms with Gasteiger partial charge < -0.3 is 14.6 Å². The maximum atomic E-state index is 4.92. The van der Waals surface area contributed by atoms with Crippen LogP contribution in [-0.2, 0) is 6.54 Å². The zero-order valence-corrected chi connectivity index (χ0v) is 23.1. The lowest BCUT2D eigenvalue weighted by Gasteiger charge is -2.56. The summed E-state index contributed by atoms with van der Waals surface area (Å²) in [5.41, 5.74) is 5.10. The summed E-state index contributed by atoms with van der Waals surface area (Å²) in [4.78, 5) is 24.5. The molecule has 2 N–H and O–H groups in total. The number of benzene rings is 1. The Balaban J connectivity index is 0.925. The third kappa shape index (κ3) is 4.18. The fraction of sp³-hybridized carbons (Fsp3) is 0.281. The molecule has 1 saturated carbocycles. The standard InChI is InChI=1S/C32H30N10/c1-2-6-26-25(5-1)32(36-28-14-27(38-39-28)20-8-9-20)37-31(35-26)21-10-11-29(33-15-21)41-18-23-13-24(19-41)42(23)17-22-16-40-12-4-3-7-30(40)34-22/h1-7,10-12,14-16,20,23-24H,8-9,13,17-19H2,(H2,35,36,37,38,39). The van der Waals surface area contributed by atoms with E-state index in [9.17, 15) is 0 Å². The van der Waals surface area contributed by atoms with Crippen molar-refractivity contribution in [2.24, 2.45) is 0 Å². The number of hydrogen-bond acceptors (Lipinski definition) is 8. The highest BCUT2D eigenvalue weighted by Gasteiger charge is 2.45. The number of hydrogen-bond donors (Lipinski definition) is 2. The van der Waals surface area contributed by atoms with Gasteiger partial charge in [-0.2, -0.15) is 5.10 Å². The lowest BCUT2D eigenvalue weighted by molar-refractivity contribution is -0.00956. The van der Waals surface area contributed by atoms with Crippen molar-refractivity contribution < 1.29 is 0 Å². The van der Waals surface area contributed by atoms with Gasteiger partial charge in [-0.15, -0.1) is 0 Å². The van der Waals surface area contributed by atoms with E-state index in [0.717, 1.165) is 64.9 Å². The summed E-state index contributed by atoms with van der Waals surface area (Å²) in [6, 6.07) is 21.5. The molecule has 8 heterocycles. The number of aromatic nitrogens is 7. The molecule has 3 saturated heterocycles. The second-order valence-electron chi connectivity index (χ2n) is 11.7. The molecule has 2 atom stereocenters. The highest BCUT2D eigenvalue weighted by atomic mass is 15.4. The van der Waals surface area contributed by atoms with E-state index in [2.05, 4.69) is 66.4 Å². The van der Waals surface area contributed by atoms with Gasteiger partial charge >= 0.3 is 0 Å². The largest absolute Gasteiger partial charge is 0.353 e. The van der Waals surface area contributed by atoms with Gasteiger partial charge in [-0.3, -0.25) is 10.00 Å². The van der Waals surface area contributed by atoms with E-state index in [1.165, 1.54) is 25.0 Å². The molecule has 208 valence electrons. The highest BCUT2D eigenvalue weighted by molar-refractivity contribution is 5.92. The smallest absolute Gasteiger partial charge is 0.163 e. The minimum absolute atomic E-state index is 0.523. The van der Waals surface area contributed by atoms with Crippen LogP contribution in [0.3, 0.4) is 0 Å². The van der Waals surface area contributed by atoms with Crippen molar-refractivity contribution in [2.45, 2.75) is 43.8 Å². The van der Waals surface area contributed by atoms with Crippen LogP contribution in [0, 0.1) is 0 Å². The number of para-hydroxylation sites is 1. The summed E-state index contributed by atoms with van der Waals surface area (Å²) < 4.78 is 2.10. The molecular formula is C32H30N10. The molecule has 42 heavy (non-hydrogen) atoms. The predicted molar refractivity (Wildman–Crippen MR) is 162 cm³/mol. The van der Waals surface area contributed by atoms with Crippen molar-refractivity contribution in [1.29, 1.82) is 0 Å². The molecule has 0 spiro atoms. The van der Waals surface area contributed by atoms with Crippen LogP contribution in [0.4, 0.5) is 17.5 Å². The number of fused-ring (bicyclic) bond motifs is 4. The van der Waals surface area contributed by atoms with Crippen molar-refractivity contribution in [2.75, 3.05) is 23.3 Å². The van der Waals surface area contributed by atoms with Gasteiger partial charge in [0.2, 0.25) is 0 Å². The van der Waals surface area contributed by atoms with Gasteiger partial charge in [-0.05, 0) is 55.7 Å². The highest BCUT2D eigenvalue weighted by Crippen LogP contribution is 2.40. The number of aromatic amines is 1. The van der Waals surface area contributed by atoms with E-state index in [0.29, 0.717) is 23.8 Å². The van der Waals surface area contributed by atoms with Crippen LogP contribution in [0.1, 0.15) is 36.6 Å². The van der Waals surface area contributed by atoms with E-state index in [1.807, 2.05) is 42.6 Å². The van der Waals surface area contributed by atoms with Crippen molar-refractivity contribution in [3.8, 4) is 11.4 Å². The summed E-state index contributed by atoms with van der Waals surface area (Å²) in [6.07, 6.45) is 9.80. The topological polar surface area (TPSA) is 103 Å². The number of rotatable bonds is 7. The summed E-state index contributed by atoms with van der Waals surface area (Å²) in [7, 11) is 0. The van der Waals surface area contributed by atoms with Crippen molar-refractivity contribution >= 4 is 34.0 Å². The molecule has 5 aromatic heterocycles. The normalized spacial score (nSPS) is 20.2. The third-order valence-corrected chi connectivity index (χ3v) is 8.90. The van der Waals surface area contributed by atoms with Crippen molar-refractivity contribution in [1.82, 2.24) is 39.4 Å². The van der Waals surface area contributed by atoms with Crippen LogP contribution in [0.25, 0.3) is 27.9 Å². The fourth-order valence-electron chi connectivity index (χ4n) is 6.51. The summed E-state index contributed by atoms with van der Waals surface area (Å²) >= 11 is 0. The Kier molecular flexibility index (Phi) is 5.31. The molecule has 2 bridgehead atoms. The second-order valence-corrected chi connectivity index (χ2v) is 11.7. The van der Waals surface area contributed by atoms with Crippen molar-refractivity contribution in [3.63, 3.8) is 0 Å². The van der Waals surface area contributed by atoms with Gasteiger partial charge in [0, 0.05) is 78.9 Å². The first-order chi connectivity index (χ1) is 20.7. The lowest BCUT2D eigenvalue weighted by Crippen LogP contribution is -2.68. The van der Waals surface area contributed by atoms with Crippen LogP contribution >= 0.6 is 0 Å². The molecule has 4 fully saturated rings. The van der Waals surface area contributed by atoms with Crippen molar-refractivity contribution in [3.05, 3.63) is 90.6 Å². The molecule has 6 aromatic rings. The Bertz CT molecular complexity index is 1880. The Labute approximate surface area is 242 Å². The van der Waals surface area contributed by atoms with Crippen LogP contribution in [0.15, 0.2) is 79.3 Å². The first kappa shape index (κ1) is 23.8. The molecule has 1 aliphatic carbocycles. The molecule has 4 aliphatic rings. The summed E-state index contributed by atoms with van der Waals surface area (Å²) in [5.74, 6) is 3.79. The van der Waals surface area contributed by atoms with Gasteiger partial charge in [0.25, 0.3) is 0 Å². The van der Waals surface area contributed by atoms with Gasteiger partial charge in [0.1, 0.15) is 17.3 Å². The molecular weight excluding hydrogens is 524 g/mol. The summed E-state index contributed by atoms with van der Waals surface area (Å²) in [5, 5.41) is 12.0. The molecule has 2 unspecified atom stereocenters. The maximum Gasteiger partial charge on any atom is 0.163 e. The van der Waals surface area contributed by atoms with E-state index in [-0.39, 0.29) is 0 Å². The number of imidazole rings is 1. The Morgan fingerprint density at radius 3 is 2.64 bits per heavy atom. The lowest BCUT2D eigenvalue weighted by atomic mass is 9.87. The minimum Gasteiger partial charge on any atom is -0.353 e. The molecule has 10 heteroatoms. The second kappa shape index (κ2) is 9.35.